The minimum Gasteiger partial charge on any atom is -0.497 e. The minimum absolute atomic E-state index is 0.110. The summed E-state index contributed by atoms with van der Waals surface area (Å²) in [5.41, 5.74) is 2.44. The Bertz CT molecular complexity index is 1260. The van der Waals surface area contributed by atoms with Gasteiger partial charge in [-0.05, 0) is 61.0 Å². The van der Waals surface area contributed by atoms with E-state index in [1.54, 1.807) is 74.9 Å². The molecular formula is C25H27ClN2O5S. The van der Waals surface area contributed by atoms with Crippen LogP contribution in [0.1, 0.15) is 34.5 Å². The quantitative estimate of drug-likeness (QED) is 0.453. The van der Waals surface area contributed by atoms with Gasteiger partial charge in [0.05, 0.1) is 38.7 Å². The molecule has 3 rings (SSSR count). The first-order valence-electron chi connectivity index (χ1n) is 10.5. The number of methoxy groups -OCH3 is 2. The molecule has 0 aliphatic heterocycles. The summed E-state index contributed by atoms with van der Waals surface area (Å²) in [4.78, 5) is 12.8. The number of rotatable bonds is 9. The Morgan fingerprint density at radius 1 is 1.03 bits per heavy atom. The van der Waals surface area contributed by atoms with Gasteiger partial charge in [-0.2, -0.15) is 0 Å². The highest BCUT2D eigenvalue weighted by atomic mass is 35.5. The van der Waals surface area contributed by atoms with E-state index in [4.69, 9.17) is 21.1 Å². The van der Waals surface area contributed by atoms with Crippen LogP contribution in [0.25, 0.3) is 0 Å². The highest BCUT2D eigenvalue weighted by Crippen LogP contribution is 2.29. The number of nitrogens with one attached hydrogen (secondary N) is 1. The van der Waals surface area contributed by atoms with Crippen molar-refractivity contribution in [3.8, 4) is 11.5 Å². The maximum Gasteiger partial charge on any atom is 0.251 e. The molecule has 0 aliphatic rings. The molecule has 9 heteroatoms. The molecule has 1 atom stereocenters. The lowest BCUT2D eigenvalue weighted by Crippen LogP contribution is -2.29. The molecule has 34 heavy (non-hydrogen) atoms. The second-order valence-electron chi connectivity index (χ2n) is 7.75. The van der Waals surface area contributed by atoms with E-state index >= 15 is 0 Å². The van der Waals surface area contributed by atoms with Crippen molar-refractivity contribution in [2.24, 2.45) is 0 Å². The molecule has 1 unspecified atom stereocenters. The highest BCUT2D eigenvalue weighted by Gasteiger charge is 2.19. The van der Waals surface area contributed by atoms with Crippen LogP contribution in [0, 0.1) is 0 Å². The Morgan fingerprint density at radius 3 is 2.32 bits per heavy atom. The largest absolute Gasteiger partial charge is 0.497 e. The van der Waals surface area contributed by atoms with Crippen molar-refractivity contribution in [2.75, 3.05) is 24.8 Å². The summed E-state index contributed by atoms with van der Waals surface area (Å²) in [6.07, 6.45) is 1.14. The Balaban J connectivity index is 1.75. The van der Waals surface area contributed by atoms with Crippen LogP contribution in [0.2, 0.25) is 5.02 Å². The molecule has 1 N–H and O–H groups in total. The third-order valence-electron chi connectivity index (χ3n) is 5.29. The van der Waals surface area contributed by atoms with Crippen LogP contribution < -0.4 is 19.1 Å². The predicted octanol–water partition coefficient (Wildman–Crippen LogP) is 4.81. The van der Waals surface area contributed by atoms with Crippen molar-refractivity contribution < 1.29 is 22.7 Å². The third kappa shape index (κ3) is 6.21. The topological polar surface area (TPSA) is 84.9 Å². The van der Waals surface area contributed by atoms with Crippen molar-refractivity contribution in [3.63, 3.8) is 0 Å². The standard InChI is InChI=1S/C25H27ClN2O5S/c1-17(23-15-22(32-2)12-13-24(23)33-3)27-25(29)19-10-8-18(9-11-19)16-28(34(4,30)31)21-7-5-6-20(26)14-21/h5-15,17H,16H2,1-4H3,(H,27,29). The number of nitrogens with zero attached hydrogens (tertiary/aromatic N) is 1. The van der Waals surface area contributed by atoms with Crippen molar-refractivity contribution in [1.82, 2.24) is 5.32 Å². The van der Waals surface area contributed by atoms with Crippen LogP contribution in [0.4, 0.5) is 5.69 Å². The zero-order chi connectivity index (χ0) is 24.9. The van der Waals surface area contributed by atoms with Crippen LogP contribution in [-0.4, -0.2) is 34.8 Å². The van der Waals surface area contributed by atoms with Gasteiger partial charge < -0.3 is 14.8 Å². The molecular weight excluding hydrogens is 476 g/mol. The van der Waals surface area contributed by atoms with Crippen molar-refractivity contribution in [1.29, 1.82) is 0 Å². The third-order valence-corrected chi connectivity index (χ3v) is 6.67. The molecule has 1 amide bonds. The molecule has 0 saturated carbocycles. The summed E-state index contributed by atoms with van der Waals surface area (Å²) < 4.78 is 36.7. The molecule has 0 radical (unpaired) electrons. The fourth-order valence-corrected chi connectivity index (χ4v) is 4.56. The first kappa shape index (κ1) is 25.4. The van der Waals surface area contributed by atoms with E-state index in [9.17, 15) is 13.2 Å². The Morgan fingerprint density at radius 2 is 1.74 bits per heavy atom. The molecule has 0 heterocycles. The van der Waals surface area contributed by atoms with Crippen LogP contribution in [0.5, 0.6) is 11.5 Å². The summed E-state index contributed by atoms with van der Waals surface area (Å²) >= 11 is 6.04. The number of sulfonamides is 1. The molecule has 3 aromatic carbocycles. The van der Waals surface area contributed by atoms with Gasteiger partial charge in [-0.25, -0.2) is 8.42 Å². The van der Waals surface area contributed by atoms with Gasteiger partial charge in [-0.15, -0.1) is 0 Å². The zero-order valence-electron chi connectivity index (χ0n) is 19.4. The summed E-state index contributed by atoms with van der Waals surface area (Å²) in [5, 5.41) is 3.40. The van der Waals surface area contributed by atoms with E-state index in [1.165, 1.54) is 4.31 Å². The Kier molecular flexibility index (Phi) is 8.06. The van der Waals surface area contributed by atoms with Crippen molar-refractivity contribution in [2.45, 2.75) is 19.5 Å². The average Bonchev–Trinajstić information content (AvgIpc) is 2.81. The maximum absolute atomic E-state index is 12.8. The predicted molar refractivity (Wildman–Crippen MR) is 134 cm³/mol. The lowest BCUT2D eigenvalue weighted by atomic mass is 10.1. The van der Waals surface area contributed by atoms with Gasteiger partial charge in [-0.3, -0.25) is 9.10 Å². The number of benzene rings is 3. The van der Waals surface area contributed by atoms with E-state index < -0.39 is 10.0 Å². The van der Waals surface area contributed by atoms with Gasteiger partial charge in [-0.1, -0.05) is 29.8 Å². The number of halogens is 1. The van der Waals surface area contributed by atoms with Gasteiger partial charge in [0.15, 0.2) is 0 Å². The minimum atomic E-state index is -3.55. The molecule has 3 aromatic rings. The zero-order valence-corrected chi connectivity index (χ0v) is 21.0. The molecule has 0 fully saturated rings. The molecule has 0 saturated heterocycles. The number of ether oxygens (including phenoxy) is 2. The number of hydrogen-bond donors (Lipinski definition) is 1. The first-order chi connectivity index (χ1) is 16.1. The fourth-order valence-electron chi connectivity index (χ4n) is 3.49. The van der Waals surface area contributed by atoms with Crippen LogP contribution in [0.3, 0.4) is 0 Å². The second-order valence-corrected chi connectivity index (χ2v) is 10.1. The summed E-state index contributed by atoms with van der Waals surface area (Å²) in [6.45, 7) is 1.97. The summed E-state index contributed by atoms with van der Waals surface area (Å²) in [5.74, 6) is 1.04. The van der Waals surface area contributed by atoms with E-state index in [-0.39, 0.29) is 18.5 Å². The Labute approximate surface area is 205 Å². The molecule has 0 aromatic heterocycles. The monoisotopic (exact) mass is 502 g/mol. The molecule has 0 aliphatic carbocycles. The summed E-state index contributed by atoms with van der Waals surface area (Å²) in [6, 6.07) is 18.5. The van der Waals surface area contributed by atoms with Gasteiger partial charge in [0, 0.05) is 16.1 Å². The van der Waals surface area contributed by atoms with E-state index in [0.29, 0.717) is 27.8 Å². The SMILES string of the molecule is COc1ccc(OC)c(C(C)NC(=O)c2ccc(CN(c3cccc(Cl)c3)S(C)(=O)=O)cc2)c1. The Hall–Kier alpha value is -3.23. The lowest BCUT2D eigenvalue weighted by molar-refractivity contribution is 0.0939. The van der Waals surface area contributed by atoms with Gasteiger partial charge in [0.2, 0.25) is 10.0 Å². The van der Waals surface area contributed by atoms with Gasteiger partial charge >= 0.3 is 0 Å². The number of carbonyl (C=O) groups excluding carboxylic acids is 1. The smallest absolute Gasteiger partial charge is 0.251 e. The number of amides is 1. The molecule has 0 spiro atoms. The normalized spacial score (nSPS) is 12.0. The molecule has 0 bridgehead atoms. The fraction of sp³-hybridized carbons (Fsp3) is 0.240. The number of carbonyl (C=O) groups is 1. The van der Waals surface area contributed by atoms with Gasteiger partial charge in [0.1, 0.15) is 11.5 Å². The van der Waals surface area contributed by atoms with Gasteiger partial charge in [0.25, 0.3) is 5.91 Å². The van der Waals surface area contributed by atoms with Crippen molar-refractivity contribution in [3.05, 3.63) is 88.4 Å². The van der Waals surface area contributed by atoms with Crippen molar-refractivity contribution >= 4 is 33.2 Å². The van der Waals surface area contributed by atoms with Crippen LogP contribution in [0.15, 0.2) is 66.7 Å². The van der Waals surface area contributed by atoms with E-state index in [1.807, 2.05) is 13.0 Å². The summed E-state index contributed by atoms with van der Waals surface area (Å²) in [7, 11) is -0.397. The van der Waals surface area contributed by atoms with Crippen LogP contribution >= 0.6 is 11.6 Å². The molecule has 7 nitrogen and oxygen atoms in total. The molecule has 180 valence electrons. The number of hydrogen-bond acceptors (Lipinski definition) is 5. The van der Waals surface area contributed by atoms with Crippen LogP contribution in [-0.2, 0) is 16.6 Å². The maximum atomic E-state index is 12.8. The average molecular weight is 503 g/mol. The first-order valence-corrected chi connectivity index (χ1v) is 12.7. The number of anilines is 1. The second kappa shape index (κ2) is 10.8. The van der Waals surface area contributed by atoms with E-state index in [0.717, 1.165) is 17.4 Å². The lowest BCUT2D eigenvalue weighted by Gasteiger charge is -2.23. The van der Waals surface area contributed by atoms with E-state index in [2.05, 4.69) is 5.32 Å². The highest BCUT2D eigenvalue weighted by molar-refractivity contribution is 7.92.